The molecule has 4 N–H and O–H groups in total. The van der Waals surface area contributed by atoms with Crippen molar-refractivity contribution in [1.82, 2.24) is 19.9 Å². The number of nitrogens with zero attached hydrogens (tertiary/aromatic N) is 3. The van der Waals surface area contributed by atoms with E-state index in [2.05, 4.69) is 14.9 Å². The van der Waals surface area contributed by atoms with Crippen LogP contribution in [0.25, 0.3) is 22.4 Å². The number of carbonyl (C=O) groups is 1. The van der Waals surface area contributed by atoms with Crippen molar-refractivity contribution in [2.24, 2.45) is 0 Å². The van der Waals surface area contributed by atoms with E-state index in [1.807, 2.05) is 41.8 Å². The van der Waals surface area contributed by atoms with E-state index in [1.54, 1.807) is 24.7 Å². The number of nitrogens with one attached hydrogen (secondary N) is 1. The van der Waals surface area contributed by atoms with Crippen LogP contribution in [0, 0.1) is 0 Å². The molecule has 0 spiro atoms. The van der Waals surface area contributed by atoms with Gasteiger partial charge in [0.15, 0.2) is 5.13 Å². The minimum atomic E-state index is -0.377. The smallest absolute Gasteiger partial charge is 0.251 e. The van der Waals surface area contributed by atoms with Gasteiger partial charge in [0.25, 0.3) is 5.91 Å². The number of fused-ring (bicyclic) bond motifs is 1. The molecular formula is C29H29N5O3S. The van der Waals surface area contributed by atoms with Gasteiger partial charge in [0.2, 0.25) is 0 Å². The molecule has 194 valence electrons. The Labute approximate surface area is 224 Å². The molecule has 0 unspecified atom stereocenters. The molecule has 0 saturated heterocycles. The van der Waals surface area contributed by atoms with Crippen molar-refractivity contribution < 1.29 is 14.3 Å². The Hall–Kier alpha value is -4.11. The molecule has 0 aliphatic heterocycles. The number of anilines is 1. The number of benzene rings is 2. The van der Waals surface area contributed by atoms with Gasteiger partial charge in [0.1, 0.15) is 17.8 Å². The van der Waals surface area contributed by atoms with Crippen LogP contribution < -0.4 is 11.1 Å². The van der Waals surface area contributed by atoms with Gasteiger partial charge in [-0.2, -0.15) is 0 Å². The summed E-state index contributed by atoms with van der Waals surface area (Å²) in [4.78, 5) is 22.9. The number of imidazole rings is 1. The summed E-state index contributed by atoms with van der Waals surface area (Å²) in [5, 5.41) is 15.1. The fraction of sp³-hybridized carbons (Fsp3) is 0.276. The summed E-state index contributed by atoms with van der Waals surface area (Å²) in [6.07, 6.45) is 9.82. The molecule has 3 aromatic heterocycles. The first-order valence-corrected chi connectivity index (χ1v) is 13.8. The summed E-state index contributed by atoms with van der Waals surface area (Å²) in [5.41, 5.74) is 10.8. The number of nitrogens with two attached hydrogens (primary N) is 1. The molecule has 38 heavy (non-hydrogen) atoms. The van der Waals surface area contributed by atoms with Crippen LogP contribution in [-0.4, -0.2) is 25.5 Å². The molecule has 1 aliphatic carbocycles. The molecular weight excluding hydrogens is 498 g/mol. The lowest BCUT2D eigenvalue weighted by atomic mass is 9.95. The van der Waals surface area contributed by atoms with Gasteiger partial charge in [0.05, 0.1) is 34.6 Å². The Balaban J connectivity index is 1.32. The molecule has 1 amide bonds. The van der Waals surface area contributed by atoms with Crippen LogP contribution in [0.3, 0.4) is 0 Å². The molecule has 5 aromatic rings. The lowest BCUT2D eigenvalue weighted by Crippen LogP contribution is -2.30. The van der Waals surface area contributed by atoms with Gasteiger partial charge in [-0.3, -0.25) is 4.79 Å². The Morgan fingerprint density at radius 2 is 1.95 bits per heavy atom. The minimum absolute atomic E-state index is 0.197. The second-order valence-corrected chi connectivity index (χ2v) is 10.7. The summed E-state index contributed by atoms with van der Waals surface area (Å²) >= 11 is 1.34. The molecule has 0 radical (unpaired) electrons. The van der Waals surface area contributed by atoms with Gasteiger partial charge < -0.3 is 25.1 Å². The Morgan fingerprint density at radius 1 is 1.13 bits per heavy atom. The van der Waals surface area contributed by atoms with Gasteiger partial charge in [-0.05, 0) is 61.2 Å². The number of amides is 1. The number of thiazole rings is 1. The molecule has 6 rings (SSSR count). The predicted molar refractivity (Wildman–Crippen MR) is 148 cm³/mol. The summed E-state index contributed by atoms with van der Waals surface area (Å²) in [6, 6.07) is 14.6. The Kier molecular flexibility index (Phi) is 6.59. The molecule has 1 saturated carbocycles. The lowest BCUT2D eigenvalue weighted by molar-refractivity contribution is 0.0936. The highest BCUT2D eigenvalue weighted by Crippen LogP contribution is 2.36. The van der Waals surface area contributed by atoms with Gasteiger partial charge in [-0.25, -0.2) is 9.97 Å². The molecule has 9 heteroatoms. The first-order valence-electron chi connectivity index (χ1n) is 12.9. The zero-order valence-electron chi connectivity index (χ0n) is 20.8. The van der Waals surface area contributed by atoms with Crippen molar-refractivity contribution in [3.8, 4) is 17.1 Å². The van der Waals surface area contributed by atoms with Crippen LogP contribution in [0.5, 0.6) is 5.75 Å². The van der Waals surface area contributed by atoms with E-state index in [0.717, 1.165) is 40.8 Å². The number of aromatic nitrogens is 3. The second-order valence-electron chi connectivity index (χ2n) is 9.82. The molecule has 2 aromatic carbocycles. The number of furan rings is 1. The minimum Gasteiger partial charge on any atom is -0.508 e. The molecule has 1 aliphatic rings. The van der Waals surface area contributed by atoms with Crippen LogP contribution in [0.2, 0.25) is 0 Å². The van der Waals surface area contributed by atoms with Crippen LogP contribution in [0.1, 0.15) is 65.8 Å². The number of carbonyl (C=O) groups excluding carboxylic acids is 1. The molecule has 0 bridgehead atoms. The standard InChI is InChI=1S/C29H29N5O3S/c30-29-33-25(17-38-29)23(14-18-6-9-22(35)10-7-18)32-28(36)19-8-11-26-24(15-19)31-27(20-12-13-37-16-20)34(26)21-4-2-1-3-5-21/h6-13,15-17,21,23,35H,1-5,14H2,(H2,30,33)(H,32,36)/t23-/m0/s1. The second kappa shape index (κ2) is 10.3. The summed E-state index contributed by atoms with van der Waals surface area (Å²) in [6.45, 7) is 0. The van der Waals surface area contributed by atoms with Crippen molar-refractivity contribution in [2.75, 3.05) is 5.73 Å². The predicted octanol–water partition coefficient (Wildman–Crippen LogP) is 6.26. The number of rotatable bonds is 7. The largest absolute Gasteiger partial charge is 0.508 e. The first-order chi connectivity index (χ1) is 18.5. The van der Waals surface area contributed by atoms with E-state index < -0.39 is 0 Å². The highest BCUT2D eigenvalue weighted by atomic mass is 32.1. The zero-order valence-corrected chi connectivity index (χ0v) is 21.7. The van der Waals surface area contributed by atoms with Crippen molar-refractivity contribution in [3.63, 3.8) is 0 Å². The van der Waals surface area contributed by atoms with E-state index >= 15 is 0 Å². The maximum Gasteiger partial charge on any atom is 0.251 e. The third kappa shape index (κ3) is 4.89. The number of phenolic OH excluding ortho intramolecular Hbond substituents is 1. The van der Waals surface area contributed by atoms with Crippen molar-refractivity contribution in [3.05, 3.63) is 83.3 Å². The van der Waals surface area contributed by atoms with E-state index in [0.29, 0.717) is 28.9 Å². The number of aromatic hydroxyl groups is 1. The van der Waals surface area contributed by atoms with Crippen LogP contribution in [0.4, 0.5) is 5.13 Å². The van der Waals surface area contributed by atoms with Gasteiger partial charge in [0, 0.05) is 17.0 Å². The Morgan fingerprint density at radius 3 is 2.66 bits per heavy atom. The van der Waals surface area contributed by atoms with E-state index in [1.165, 1.54) is 30.6 Å². The third-order valence-corrected chi connectivity index (χ3v) is 7.94. The monoisotopic (exact) mass is 527 g/mol. The van der Waals surface area contributed by atoms with Crippen molar-refractivity contribution >= 4 is 33.4 Å². The Bertz CT molecular complexity index is 1550. The topological polar surface area (TPSA) is 119 Å². The highest BCUT2D eigenvalue weighted by Gasteiger charge is 2.24. The number of hydrogen-bond acceptors (Lipinski definition) is 7. The van der Waals surface area contributed by atoms with Gasteiger partial charge in [-0.1, -0.05) is 31.4 Å². The maximum atomic E-state index is 13.5. The van der Waals surface area contributed by atoms with E-state index in [-0.39, 0.29) is 17.7 Å². The summed E-state index contributed by atoms with van der Waals surface area (Å²) in [7, 11) is 0. The number of nitrogen functional groups attached to an aromatic ring is 1. The highest BCUT2D eigenvalue weighted by molar-refractivity contribution is 7.13. The average Bonchev–Trinajstić information content (AvgIpc) is 3.69. The van der Waals surface area contributed by atoms with E-state index in [4.69, 9.17) is 15.1 Å². The molecule has 3 heterocycles. The zero-order chi connectivity index (χ0) is 26.1. The number of hydrogen-bond donors (Lipinski definition) is 3. The van der Waals surface area contributed by atoms with Crippen molar-refractivity contribution in [1.29, 1.82) is 0 Å². The first kappa shape index (κ1) is 24.2. The van der Waals surface area contributed by atoms with Crippen LogP contribution in [0.15, 0.2) is 70.9 Å². The average molecular weight is 528 g/mol. The van der Waals surface area contributed by atoms with Gasteiger partial charge >= 0.3 is 0 Å². The normalized spacial score (nSPS) is 15.1. The van der Waals surface area contributed by atoms with Gasteiger partial charge in [-0.15, -0.1) is 11.3 Å². The SMILES string of the molecule is Nc1nc([C@H](Cc2ccc(O)cc2)NC(=O)c2ccc3c(c2)nc(-c2ccoc2)n3C2CCCCC2)cs1. The molecule has 1 atom stereocenters. The fourth-order valence-corrected chi connectivity index (χ4v) is 5.96. The van der Waals surface area contributed by atoms with E-state index in [9.17, 15) is 9.90 Å². The number of phenols is 1. The maximum absolute atomic E-state index is 13.5. The molecule has 1 fully saturated rings. The fourth-order valence-electron chi connectivity index (χ4n) is 5.34. The third-order valence-electron chi connectivity index (χ3n) is 7.25. The quantitative estimate of drug-likeness (QED) is 0.230. The summed E-state index contributed by atoms with van der Waals surface area (Å²) < 4.78 is 7.69. The van der Waals surface area contributed by atoms with Crippen molar-refractivity contribution in [2.45, 2.75) is 50.6 Å². The molecule has 8 nitrogen and oxygen atoms in total. The lowest BCUT2D eigenvalue weighted by Gasteiger charge is -2.25. The van der Waals surface area contributed by atoms with Crippen LogP contribution >= 0.6 is 11.3 Å². The summed E-state index contributed by atoms with van der Waals surface area (Å²) in [5.74, 6) is 0.865. The van der Waals surface area contributed by atoms with Crippen LogP contribution in [-0.2, 0) is 6.42 Å².